The fourth-order valence-corrected chi connectivity index (χ4v) is 2.61. The third-order valence-electron chi connectivity index (χ3n) is 3.62. The molecule has 0 bridgehead atoms. The predicted molar refractivity (Wildman–Crippen MR) is 74.4 cm³/mol. The second kappa shape index (κ2) is 4.35. The van der Waals surface area contributed by atoms with E-state index in [1.807, 2.05) is 0 Å². The molecular formula is C14H17N3S. The summed E-state index contributed by atoms with van der Waals surface area (Å²) in [4.78, 5) is 0. The molecule has 2 aromatic rings. The van der Waals surface area contributed by atoms with Crippen LogP contribution in [0.2, 0.25) is 0 Å². The van der Waals surface area contributed by atoms with Gasteiger partial charge in [0.2, 0.25) is 0 Å². The number of aromatic amines is 1. The summed E-state index contributed by atoms with van der Waals surface area (Å²) in [5.41, 5.74) is 2.56. The molecular weight excluding hydrogens is 242 g/mol. The zero-order valence-electron chi connectivity index (χ0n) is 10.7. The molecule has 4 heteroatoms. The van der Waals surface area contributed by atoms with Gasteiger partial charge in [0.05, 0.1) is 6.04 Å². The van der Waals surface area contributed by atoms with Crippen LogP contribution in [0.5, 0.6) is 0 Å². The van der Waals surface area contributed by atoms with Crippen molar-refractivity contribution in [2.24, 2.45) is 0 Å². The molecule has 1 aromatic carbocycles. The Bertz CT molecular complexity index is 605. The van der Waals surface area contributed by atoms with Crippen LogP contribution in [-0.2, 0) is 0 Å². The molecule has 3 rings (SSSR count). The van der Waals surface area contributed by atoms with Crippen LogP contribution in [0.15, 0.2) is 24.3 Å². The van der Waals surface area contributed by atoms with E-state index in [4.69, 9.17) is 12.2 Å². The number of hydrogen-bond acceptors (Lipinski definition) is 2. The molecule has 0 saturated heterocycles. The lowest BCUT2D eigenvalue weighted by Gasteiger charge is -2.16. The van der Waals surface area contributed by atoms with Crippen LogP contribution >= 0.6 is 12.2 Å². The van der Waals surface area contributed by atoms with E-state index in [0.717, 1.165) is 10.6 Å². The van der Waals surface area contributed by atoms with Gasteiger partial charge < -0.3 is 0 Å². The maximum absolute atomic E-state index is 5.37. The monoisotopic (exact) mass is 259 g/mol. The van der Waals surface area contributed by atoms with Gasteiger partial charge in [0, 0.05) is 5.92 Å². The second-order valence-electron chi connectivity index (χ2n) is 5.12. The average molecular weight is 259 g/mol. The Balaban J connectivity index is 2.01. The molecule has 1 heterocycles. The van der Waals surface area contributed by atoms with Gasteiger partial charge in [0.15, 0.2) is 4.77 Å². The first kappa shape index (κ1) is 11.7. The van der Waals surface area contributed by atoms with Gasteiger partial charge in [0.1, 0.15) is 5.82 Å². The van der Waals surface area contributed by atoms with Crippen LogP contribution in [0, 0.1) is 11.7 Å². The Morgan fingerprint density at radius 2 is 2.00 bits per heavy atom. The predicted octanol–water partition coefficient (Wildman–Crippen LogP) is 3.74. The zero-order valence-corrected chi connectivity index (χ0v) is 11.5. The smallest absolute Gasteiger partial charge is 0.195 e. The standard InChI is InChI=1S/C14H17N3S/c1-9-3-5-11(6-4-9)10(2)17-13(12-7-8-12)15-16-14(17)18/h3-6,10,12H,7-8H2,1-2H3,(H,16,18). The molecule has 1 aliphatic rings. The average Bonchev–Trinajstić information content (AvgIpc) is 3.13. The number of aryl methyl sites for hydroxylation is 1. The molecule has 0 aliphatic heterocycles. The molecule has 1 fully saturated rings. The summed E-state index contributed by atoms with van der Waals surface area (Å²) in [6, 6.07) is 8.88. The van der Waals surface area contributed by atoms with E-state index < -0.39 is 0 Å². The van der Waals surface area contributed by atoms with E-state index in [1.165, 1.54) is 24.0 Å². The quantitative estimate of drug-likeness (QED) is 0.852. The van der Waals surface area contributed by atoms with Crippen LogP contribution in [0.3, 0.4) is 0 Å². The third-order valence-corrected chi connectivity index (χ3v) is 3.91. The molecule has 1 aliphatic carbocycles. The highest BCUT2D eigenvalue weighted by molar-refractivity contribution is 7.71. The number of nitrogens with zero attached hydrogens (tertiary/aromatic N) is 2. The molecule has 1 atom stereocenters. The normalized spacial score (nSPS) is 16.8. The minimum atomic E-state index is 0.243. The molecule has 0 spiro atoms. The van der Waals surface area contributed by atoms with Crippen molar-refractivity contribution in [3.05, 3.63) is 46.0 Å². The van der Waals surface area contributed by atoms with Crippen LogP contribution in [-0.4, -0.2) is 14.8 Å². The lowest BCUT2D eigenvalue weighted by atomic mass is 10.1. The van der Waals surface area contributed by atoms with Gasteiger partial charge in [-0.05, 0) is 44.5 Å². The minimum Gasteiger partial charge on any atom is -0.297 e. The summed E-state index contributed by atoms with van der Waals surface area (Å²) in [6.45, 7) is 4.29. The number of rotatable bonds is 3. The summed E-state index contributed by atoms with van der Waals surface area (Å²) in [5, 5.41) is 7.32. The number of nitrogens with one attached hydrogen (secondary N) is 1. The van der Waals surface area contributed by atoms with Gasteiger partial charge >= 0.3 is 0 Å². The van der Waals surface area contributed by atoms with Gasteiger partial charge in [-0.3, -0.25) is 9.67 Å². The molecule has 1 saturated carbocycles. The van der Waals surface area contributed by atoms with Crippen molar-refractivity contribution in [3.63, 3.8) is 0 Å². The van der Waals surface area contributed by atoms with Crippen LogP contribution < -0.4 is 0 Å². The zero-order chi connectivity index (χ0) is 12.7. The van der Waals surface area contributed by atoms with Crippen molar-refractivity contribution in [2.45, 2.75) is 38.6 Å². The van der Waals surface area contributed by atoms with Crippen LogP contribution in [0.4, 0.5) is 0 Å². The summed E-state index contributed by atoms with van der Waals surface area (Å²) < 4.78 is 2.89. The highest BCUT2D eigenvalue weighted by Gasteiger charge is 2.30. The Hall–Kier alpha value is -1.42. The van der Waals surface area contributed by atoms with E-state index in [2.05, 4.69) is 52.9 Å². The molecule has 0 radical (unpaired) electrons. The number of benzene rings is 1. The Kier molecular flexibility index (Phi) is 2.82. The number of aromatic nitrogens is 3. The molecule has 1 aromatic heterocycles. The SMILES string of the molecule is Cc1ccc(C(C)n2c(C3CC3)n[nH]c2=S)cc1. The molecule has 0 amide bonds. The van der Waals surface area contributed by atoms with Crippen molar-refractivity contribution in [1.82, 2.24) is 14.8 Å². The van der Waals surface area contributed by atoms with Crippen molar-refractivity contribution < 1.29 is 0 Å². The van der Waals surface area contributed by atoms with Crippen molar-refractivity contribution >= 4 is 12.2 Å². The maximum atomic E-state index is 5.37. The number of H-pyrrole nitrogens is 1. The van der Waals surface area contributed by atoms with Gasteiger partial charge in [-0.25, -0.2) is 0 Å². The maximum Gasteiger partial charge on any atom is 0.195 e. The van der Waals surface area contributed by atoms with E-state index in [0.29, 0.717) is 5.92 Å². The third kappa shape index (κ3) is 2.01. The van der Waals surface area contributed by atoms with Gasteiger partial charge in [-0.2, -0.15) is 5.10 Å². The van der Waals surface area contributed by atoms with E-state index >= 15 is 0 Å². The fourth-order valence-electron chi connectivity index (χ4n) is 2.31. The van der Waals surface area contributed by atoms with Gasteiger partial charge in [0.25, 0.3) is 0 Å². The first-order chi connectivity index (χ1) is 8.66. The van der Waals surface area contributed by atoms with Gasteiger partial charge in [-0.15, -0.1) is 0 Å². The molecule has 94 valence electrons. The molecule has 3 nitrogen and oxygen atoms in total. The Morgan fingerprint density at radius 1 is 1.33 bits per heavy atom. The van der Waals surface area contributed by atoms with Gasteiger partial charge in [-0.1, -0.05) is 29.8 Å². The van der Waals surface area contributed by atoms with Crippen LogP contribution in [0.1, 0.15) is 48.7 Å². The highest BCUT2D eigenvalue weighted by Crippen LogP contribution is 2.40. The van der Waals surface area contributed by atoms with Crippen molar-refractivity contribution in [2.75, 3.05) is 0 Å². The van der Waals surface area contributed by atoms with Crippen molar-refractivity contribution in [1.29, 1.82) is 0 Å². The van der Waals surface area contributed by atoms with Crippen LogP contribution in [0.25, 0.3) is 0 Å². The Labute approximate surface area is 112 Å². The molecule has 1 N–H and O–H groups in total. The largest absolute Gasteiger partial charge is 0.297 e. The van der Waals surface area contributed by atoms with Crippen molar-refractivity contribution in [3.8, 4) is 0 Å². The first-order valence-electron chi connectivity index (χ1n) is 6.40. The minimum absolute atomic E-state index is 0.243. The summed E-state index contributed by atoms with van der Waals surface area (Å²) in [6.07, 6.45) is 2.47. The number of hydrogen-bond donors (Lipinski definition) is 1. The summed E-state index contributed by atoms with van der Waals surface area (Å²) in [7, 11) is 0. The Morgan fingerprint density at radius 3 is 2.61 bits per heavy atom. The van der Waals surface area contributed by atoms with E-state index in [1.54, 1.807) is 0 Å². The molecule has 1 unspecified atom stereocenters. The highest BCUT2D eigenvalue weighted by atomic mass is 32.1. The summed E-state index contributed by atoms with van der Waals surface area (Å²) in [5.74, 6) is 1.72. The lowest BCUT2D eigenvalue weighted by molar-refractivity contribution is 0.595. The van der Waals surface area contributed by atoms with E-state index in [-0.39, 0.29) is 6.04 Å². The fraction of sp³-hybridized carbons (Fsp3) is 0.429. The van der Waals surface area contributed by atoms with E-state index in [9.17, 15) is 0 Å². The topological polar surface area (TPSA) is 33.6 Å². The second-order valence-corrected chi connectivity index (χ2v) is 5.50. The molecule has 18 heavy (non-hydrogen) atoms. The lowest BCUT2D eigenvalue weighted by Crippen LogP contribution is -2.10. The first-order valence-corrected chi connectivity index (χ1v) is 6.81. The summed E-state index contributed by atoms with van der Waals surface area (Å²) >= 11 is 5.37.